The maximum Gasteiger partial charge on any atom is 0.335 e. The van der Waals surface area contributed by atoms with Crippen molar-refractivity contribution in [2.75, 3.05) is 0 Å². The van der Waals surface area contributed by atoms with Gasteiger partial charge in [0.05, 0.1) is 11.7 Å². The largest absolute Gasteiger partial charge is 0.490 e. The predicted octanol–water partition coefficient (Wildman–Crippen LogP) is 4.12. The minimum atomic E-state index is -0.975. The number of aromatic carboxylic acids is 1. The lowest BCUT2D eigenvalue weighted by molar-refractivity contribution is -0.121. The van der Waals surface area contributed by atoms with Crippen molar-refractivity contribution in [2.45, 2.75) is 52.7 Å². The Morgan fingerprint density at radius 3 is 2.59 bits per heavy atom. The van der Waals surface area contributed by atoms with Crippen LogP contribution in [0.25, 0.3) is 0 Å². The molecule has 144 valence electrons. The number of aryl methyl sites for hydroxylation is 2. The van der Waals surface area contributed by atoms with Crippen LogP contribution < -0.4 is 10.1 Å². The molecule has 0 radical (unpaired) electrons. The van der Waals surface area contributed by atoms with Gasteiger partial charge in [0.1, 0.15) is 5.75 Å². The average Bonchev–Trinajstić information content (AvgIpc) is 2.65. The zero-order valence-corrected chi connectivity index (χ0v) is 16.1. The Labute approximate surface area is 160 Å². The molecular weight excluding hydrogens is 342 g/mol. The van der Waals surface area contributed by atoms with Crippen molar-refractivity contribution in [1.82, 2.24) is 5.32 Å². The molecular formula is C22H27NO4. The Morgan fingerprint density at radius 2 is 1.89 bits per heavy atom. The summed E-state index contributed by atoms with van der Waals surface area (Å²) in [5, 5.41) is 12.1. The third kappa shape index (κ3) is 6.13. The number of rotatable bonds is 9. The van der Waals surface area contributed by atoms with E-state index in [9.17, 15) is 14.7 Å². The number of hydrogen-bond acceptors (Lipinski definition) is 3. The molecule has 0 aromatic heterocycles. The fraction of sp³-hybridized carbons (Fsp3) is 0.364. The van der Waals surface area contributed by atoms with Crippen LogP contribution in [-0.4, -0.2) is 23.1 Å². The first-order valence-corrected chi connectivity index (χ1v) is 9.24. The minimum Gasteiger partial charge on any atom is -0.490 e. The SMILES string of the molecule is CCC(C)Oc1cc(C)ccc1CNC(=O)CCc1ccccc1C(=O)O. The summed E-state index contributed by atoms with van der Waals surface area (Å²) in [5.41, 5.74) is 2.94. The van der Waals surface area contributed by atoms with Crippen LogP contribution in [0.15, 0.2) is 42.5 Å². The quantitative estimate of drug-likeness (QED) is 0.697. The summed E-state index contributed by atoms with van der Waals surface area (Å²) in [5.74, 6) is -0.302. The highest BCUT2D eigenvalue weighted by Crippen LogP contribution is 2.22. The number of carboxylic acid groups (broad SMARTS) is 1. The number of ether oxygens (including phenoxy) is 1. The van der Waals surface area contributed by atoms with Gasteiger partial charge in [0.25, 0.3) is 0 Å². The van der Waals surface area contributed by atoms with E-state index in [1.165, 1.54) is 0 Å². The molecule has 2 N–H and O–H groups in total. The molecule has 5 nitrogen and oxygen atoms in total. The van der Waals surface area contributed by atoms with Gasteiger partial charge in [0, 0.05) is 18.5 Å². The van der Waals surface area contributed by atoms with Gasteiger partial charge in [-0.05, 0) is 49.9 Å². The molecule has 0 aliphatic heterocycles. The van der Waals surface area contributed by atoms with Crippen LogP contribution >= 0.6 is 0 Å². The molecule has 0 saturated carbocycles. The molecule has 1 amide bonds. The van der Waals surface area contributed by atoms with Crippen LogP contribution in [0.3, 0.4) is 0 Å². The van der Waals surface area contributed by atoms with Crippen LogP contribution in [0.5, 0.6) is 5.75 Å². The molecule has 5 heteroatoms. The van der Waals surface area contributed by atoms with E-state index < -0.39 is 5.97 Å². The highest BCUT2D eigenvalue weighted by molar-refractivity contribution is 5.89. The summed E-state index contributed by atoms with van der Waals surface area (Å²) in [4.78, 5) is 23.5. The second-order valence-electron chi connectivity index (χ2n) is 6.69. The van der Waals surface area contributed by atoms with E-state index in [0.717, 1.165) is 23.3 Å². The molecule has 0 saturated heterocycles. The van der Waals surface area contributed by atoms with Gasteiger partial charge in [0.15, 0.2) is 0 Å². The van der Waals surface area contributed by atoms with E-state index in [2.05, 4.69) is 12.2 Å². The van der Waals surface area contributed by atoms with Gasteiger partial charge in [-0.2, -0.15) is 0 Å². The van der Waals surface area contributed by atoms with Crippen molar-refractivity contribution in [3.63, 3.8) is 0 Å². The van der Waals surface area contributed by atoms with Crippen molar-refractivity contribution in [1.29, 1.82) is 0 Å². The lowest BCUT2D eigenvalue weighted by atomic mass is 10.0. The lowest BCUT2D eigenvalue weighted by Gasteiger charge is -2.17. The first-order chi connectivity index (χ1) is 12.9. The second kappa shape index (κ2) is 9.76. The molecule has 0 heterocycles. The molecule has 0 aliphatic rings. The van der Waals surface area contributed by atoms with Crippen molar-refractivity contribution in [3.8, 4) is 5.75 Å². The Hall–Kier alpha value is -2.82. The Balaban J connectivity index is 1.95. The molecule has 27 heavy (non-hydrogen) atoms. The molecule has 1 unspecified atom stereocenters. The average molecular weight is 369 g/mol. The maximum atomic E-state index is 12.2. The number of carbonyl (C=O) groups is 2. The van der Waals surface area contributed by atoms with Gasteiger partial charge in [-0.1, -0.05) is 37.3 Å². The summed E-state index contributed by atoms with van der Waals surface area (Å²) in [6, 6.07) is 12.7. The van der Waals surface area contributed by atoms with Gasteiger partial charge in [-0.25, -0.2) is 4.79 Å². The van der Waals surface area contributed by atoms with Gasteiger partial charge in [-0.15, -0.1) is 0 Å². The summed E-state index contributed by atoms with van der Waals surface area (Å²) >= 11 is 0. The van der Waals surface area contributed by atoms with E-state index in [-0.39, 0.29) is 24.0 Å². The molecule has 2 aromatic carbocycles. The fourth-order valence-corrected chi connectivity index (χ4v) is 2.69. The zero-order chi connectivity index (χ0) is 19.8. The zero-order valence-electron chi connectivity index (χ0n) is 16.1. The number of benzene rings is 2. The number of nitrogens with one attached hydrogen (secondary N) is 1. The van der Waals surface area contributed by atoms with Crippen LogP contribution in [-0.2, 0) is 17.8 Å². The van der Waals surface area contributed by atoms with Crippen molar-refractivity contribution >= 4 is 11.9 Å². The number of carbonyl (C=O) groups excluding carboxylic acids is 1. The Kier molecular flexibility index (Phi) is 7.41. The highest BCUT2D eigenvalue weighted by Gasteiger charge is 2.12. The number of amides is 1. The molecule has 0 fully saturated rings. The third-order valence-corrected chi connectivity index (χ3v) is 4.47. The third-order valence-electron chi connectivity index (χ3n) is 4.47. The van der Waals surface area contributed by atoms with Gasteiger partial charge in [0.2, 0.25) is 5.91 Å². The number of carboxylic acids is 1. The lowest BCUT2D eigenvalue weighted by Crippen LogP contribution is -2.24. The standard InChI is InChI=1S/C22H27NO4/c1-4-16(3)27-20-13-15(2)9-10-18(20)14-23-21(24)12-11-17-7-5-6-8-19(17)22(25)26/h5-10,13,16H,4,11-12,14H2,1-3H3,(H,23,24)(H,25,26). The van der Waals surface area contributed by atoms with Crippen molar-refractivity contribution < 1.29 is 19.4 Å². The number of hydrogen-bond donors (Lipinski definition) is 2. The fourth-order valence-electron chi connectivity index (χ4n) is 2.69. The molecule has 2 aromatic rings. The second-order valence-corrected chi connectivity index (χ2v) is 6.69. The molecule has 1 atom stereocenters. The topological polar surface area (TPSA) is 75.6 Å². The summed E-state index contributed by atoms with van der Waals surface area (Å²) in [7, 11) is 0. The summed E-state index contributed by atoms with van der Waals surface area (Å²) in [6.45, 7) is 6.47. The van der Waals surface area contributed by atoms with Crippen LogP contribution in [0.1, 0.15) is 53.7 Å². The van der Waals surface area contributed by atoms with Gasteiger partial charge in [-0.3, -0.25) is 4.79 Å². The molecule has 0 aliphatic carbocycles. The Bertz CT molecular complexity index is 801. The van der Waals surface area contributed by atoms with Crippen molar-refractivity contribution in [3.05, 3.63) is 64.7 Å². The smallest absolute Gasteiger partial charge is 0.335 e. The first-order valence-electron chi connectivity index (χ1n) is 9.24. The van der Waals surface area contributed by atoms with E-state index in [1.807, 2.05) is 32.0 Å². The molecule has 0 bridgehead atoms. The van der Waals surface area contributed by atoms with E-state index in [0.29, 0.717) is 18.5 Å². The normalized spacial score (nSPS) is 11.7. The molecule has 2 rings (SSSR count). The first kappa shape index (κ1) is 20.5. The highest BCUT2D eigenvalue weighted by atomic mass is 16.5. The Morgan fingerprint density at radius 1 is 1.15 bits per heavy atom. The molecule has 0 spiro atoms. The summed E-state index contributed by atoms with van der Waals surface area (Å²) < 4.78 is 5.96. The van der Waals surface area contributed by atoms with Gasteiger partial charge >= 0.3 is 5.97 Å². The predicted molar refractivity (Wildman–Crippen MR) is 105 cm³/mol. The van der Waals surface area contributed by atoms with Gasteiger partial charge < -0.3 is 15.2 Å². The van der Waals surface area contributed by atoms with E-state index >= 15 is 0 Å². The van der Waals surface area contributed by atoms with E-state index in [4.69, 9.17) is 4.74 Å². The van der Waals surface area contributed by atoms with Crippen LogP contribution in [0.2, 0.25) is 0 Å². The van der Waals surface area contributed by atoms with Crippen LogP contribution in [0, 0.1) is 6.92 Å². The van der Waals surface area contributed by atoms with Crippen molar-refractivity contribution in [2.24, 2.45) is 0 Å². The van der Waals surface area contributed by atoms with Crippen LogP contribution in [0.4, 0.5) is 0 Å². The minimum absolute atomic E-state index is 0.105. The summed E-state index contributed by atoms with van der Waals surface area (Å²) in [6.07, 6.45) is 1.63. The maximum absolute atomic E-state index is 12.2. The van der Waals surface area contributed by atoms with E-state index in [1.54, 1.807) is 24.3 Å². The monoisotopic (exact) mass is 369 g/mol.